The number of carbonyl (C=O) groups excluding carboxylic acids is 2. The molecule has 1 aliphatic heterocycles. The molecule has 108 valence electrons. The lowest BCUT2D eigenvalue weighted by molar-refractivity contribution is -0.141. The average molecular weight is 357 g/mol. The van der Waals surface area contributed by atoms with Crippen LogP contribution in [0.3, 0.4) is 0 Å². The highest BCUT2D eigenvalue weighted by Gasteiger charge is 2.42. The molecule has 2 amide bonds. The van der Waals surface area contributed by atoms with Gasteiger partial charge in [-0.15, -0.1) is 11.3 Å². The molecule has 0 aromatic carbocycles. The first-order valence-electron chi connectivity index (χ1n) is 6.97. The monoisotopic (exact) mass is 356 g/mol. The van der Waals surface area contributed by atoms with Gasteiger partial charge >= 0.3 is 0 Å². The van der Waals surface area contributed by atoms with Gasteiger partial charge in [-0.05, 0) is 34.8 Å². The number of amides is 2. The third-order valence-electron chi connectivity index (χ3n) is 4.02. The molecule has 6 heteroatoms. The molecule has 0 spiro atoms. The SMILES string of the molecule is O=C1CC(NCc2cc(Br)cs2)C(=O)N1C1CCCC1. The molecule has 1 atom stereocenters. The van der Waals surface area contributed by atoms with Crippen LogP contribution in [0.25, 0.3) is 0 Å². The number of nitrogens with one attached hydrogen (secondary N) is 1. The highest BCUT2D eigenvalue weighted by atomic mass is 79.9. The topological polar surface area (TPSA) is 49.4 Å². The first-order valence-corrected chi connectivity index (χ1v) is 8.64. The van der Waals surface area contributed by atoms with E-state index in [1.54, 1.807) is 11.3 Å². The molecule has 2 heterocycles. The van der Waals surface area contributed by atoms with Crippen molar-refractivity contribution in [2.75, 3.05) is 0 Å². The van der Waals surface area contributed by atoms with Crippen LogP contribution in [0.2, 0.25) is 0 Å². The number of imide groups is 1. The molecule has 0 bridgehead atoms. The van der Waals surface area contributed by atoms with Crippen LogP contribution in [0, 0.1) is 0 Å². The minimum atomic E-state index is -0.344. The molecule has 1 aliphatic carbocycles. The summed E-state index contributed by atoms with van der Waals surface area (Å²) >= 11 is 5.06. The molecule has 4 nitrogen and oxygen atoms in total. The Morgan fingerprint density at radius 2 is 2.10 bits per heavy atom. The van der Waals surface area contributed by atoms with Crippen molar-refractivity contribution < 1.29 is 9.59 Å². The molecule has 20 heavy (non-hydrogen) atoms. The summed E-state index contributed by atoms with van der Waals surface area (Å²) in [4.78, 5) is 27.1. The maximum atomic E-state index is 12.4. The summed E-state index contributed by atoms with van der Waals surface area (Å²) in [6.45, 7) is 0.637. The van der Waals surface area contributed by atoms with Gasteiger partial charge in [0.1, 0.15) is 0 Å². The van der Waals surface area contributed by atoms with Gasteiger partial charge in [-0.25, -0.2) is 0 Å². The average Bonchev–Trinajstić information content (AvgIpc) is 3.10. The number of likely N-dealkylation sites (tertiary alicyclic amines) is 1. The number of hydrogen-bond acceptors (Lipinski definition) is 4. The van der Waals surface area contributed by atoms with Gasteiger partial charge in [0.2, 0.25) is 11.8 Å². The fraction of sp³-hybridized carbons (Fsp3) is 0.571. The predicted octanol–water partition coefficient (Wildman–Crippen LogP) is 2.67. The van der Waals surface area contributed by atoms with Gasteiger partial charge in [0.15, 0.2) is 0 Å². The quantitative estimate of drug-likeness (QED) is 0.843. The zero-order chi connectivity index (χ0) is 14.1. The zero-order valence-electron chi connectivity index (χ0n) is 11.1. The van der Waals surface area contributed by atoms with Gasteiger partial charge in [0.25, 0.3) is 0 Å². The first-order chi connectivity index (χ1) is 9.65. The van der Waals surface area contributed by atoms with Crippen LogP contribution in [0.4, 0.5) is 0 Å². The summed E-state index contributed by atoms with van der Waals surface area (Å²) in [6.07, 6.45) is 4.51. The lowest BCUT2D eigenvalue weighted by Crippen LogP contribution is -2.42. The van der Waals surface area contributed by atoms with Crippen molar-refractivity contribution in [1.29, 1.82) is 0 Å². The van der Waals surface area contributed by atoms with E-state index in [4.69, 9.17) is 0 Å². The van der Waals surface area contributed by atoms with Crippen molar-refractivity contribution in [3.8, 4) is 0 Å². The zero-order valence-corrected chi connectivity index (χ0v) is 13.5. The minimum Gasteiger partial charge on any atom is -0.300 e. The number of carbonyl (C=O) groups is 2. The highest BCUT2D eigenvalue weighted by Crippen LogP contribution is 2.28. The summed E-state index contributed by atoms with van der Waals surface area (Å²) in [5.41, 5.74) is 0. The van der Waals surface area contributed by atoms with Crippen molar-refractivity contribution >= 4 is 39.1 Å². The Bertz CT molecular complexity index is 525. The lowest BCUT2D eigenvalue weighted by atomic mass is 10.2. The molecule has 1 aromatic rings. The van der Waals surface area contributed by atoms with E-state index in [1.165, 1.54) is 4.90 Å². The third-order valence-corrected chi connectivity index (χ3v) is 5.71. The molecule has 1 saturated carbocycles. The van der Waals surface area contributed by atoms with Crippen molar-refractivity contribution in [3.63, 3.8) is 0 Å². The number of nitrogens with zero attached hydrogens (tertiary/aromatic N) is 1. The Hall–Kier alpha value is -0.720. The van der Waals surface area contributed by atoms with E-state index in [0.717, 1.165) is 35.0 Å². The van der Waals surface area contributed by atoms with Gasteiger partial charge in [-0.3, -0.25) is 14.5 Å². The van der Waals surface area contributed by atoms with E-state index >= 15 is 0 Å². The highest BCUT2D eigenvalue weighted by molar-refractivity contribution is 9.10. The molecule has 0 radical (unpaired) electrons. The van der Waals surface area contributed by atoms with E-state index in [0.29, 0.717) is 13.0 Å². The minimum absolute atomic E-state index is 0.00763. The van der Waals surface area contributed by atoms with Gasteiger partial charge in [-0.2, -0.15) is 0 Å². The molecule has 1 saturated heterocycles. The normalized spacial score (nSPS) is 24.1. The van der Waals surface area contributed by atoms with E-state index in [1.807, 2.05) is 11.4 Å². The van der Waals surface area contributed by atoms with Gasteiger partial charge in [0, 0.05) is 27.3 Å². The Morgan fingerprint density at radius 3 is 2.75 bits per heavy atom. The lowest BCUT2D eigenvalue weighted by Gasteiger charge is -2.22. The van der Waals surface area contributed by atoms with E-state index in [9.17, 15) is 9.59 Å². The van der Waals surface area contributed by atoms with Crippen LogP contribution in [-0.4, -0.2) is 28.8 Å². The van der Waals surface area contributed by atoms with Crippen LogP contribution in [0.5, 0.6) is 0 Å². The third kappa shape index (κ3) is 2.82. The van der Waals surface area contributed by atoms with Gasteiger partial charge in [0.05, 0.1) is 12.5 Å². The smallest absolute Gasteiger partial charge is 0.247 e. The molecule has 1 aromatic heterocycles. The van der Waals surface area contributed by atoms with E-state index in [2.05, 4.69) is 21.2 Å². The second-order valence-corrected chi connectivity index (χ2v) is 7.32. The summed E-state index contributed by atoms with van der Waals surface area (Å²) in [6, 6.07) is 1.84. The molecule has 3 rings (SSSR count). The number of hydrogen-bond donors (Lipinski definition) is 1. The molecule has 2 aliphatic rings. The Balaban J connectivity index is 1.60. The maximum absolute atomic E-state index is 12.4. The van der Waals surface area contributed by atoms with Crippen molar-refractivity contribution in [1.82, 2.24) is 10.2 Å². The second-order valence-electron chi connectivity index (χ2n) is 5.41. The Labute approximate surface area is 130 Å². The summed E-state index contributed by atoms with van der Waals surface area (Å²) in [5.74, 6) is -0.0377. The van der Waals surface area contributed by atoms with Gasteiger partial charge in [-0.1, -0.05) is 12.8 Å². The molecule has 1 unspecified atom stereocenters. The largest absolute Gasteiger partial charge is 0.300 e. The fourth-order valence-corrected chi connectivity index (χ4v) is 4.43. The predicted molar refractivity (Wildman–Crippen MR) is 81.4 cm³/mol. The first kappa shape index (κ1) is 14.2. The number of halogens is 1. The van der Waals surface area contributed by atoms with Crippen molar-refractivity contribution in [2.24, 2.45) is 0 Å². The van der Waals surface area contributed by atoms with Crippen LogP contribution >= 0.6 is 27.3 Å². The second kappa shape index (κ2) is 5.95. The molecule has 1 N–H and O–H groups in total. The summed E-state index contributed by atoms with van der Waals surface area (Å²) in [5, 5.41) is 5.24. The molecular weight excluding hydrogens is 340 g/mol. The maximum Gasteiger partial charge on any atom is 0.247 e. The Kier molecular flexibility index (Phi) is 4.23. The van der Waals surface area contributed by atoms with Crippen LogP contribution in [-0.2, 0) is 16.1 Å². The van der Waals surface area contributed by atoms with Crippen LogP contribution in [0.15, 0.2) is 15.9 Å². The van der Waals surface area contributed by atoms with E-state index < -0.39 is 0 Å². The molecule has 2 fully saturated rings. The standard InChI is InChI=1S/C14H17BrN2O2S/c15-9-5-11(20-8-9)7-16-12-6-13(18)17(14(12)19)10-3-1-2-4-10/h5,8,10,12,16H,1-4,6-7H2. The number of rotatable bonds is 4. The van der Waals surface area contributed by atoms with E-state index in [-0.39, 0.29) is 23.9 Å². The van der Waals surface area contributed by atoms with Crippen molar-refractivity contribution in [3.05, 3.63) is 20.8 Å². The van der Waals surface area contributed by atoms with Crippen molar-refractivity contribution in [2.45, 2.75) is 50.7 Å². The van der Waals surface area contributed by atoms with Gasteiger partial charge < -0.3 is 5.32 Å². The van der Waals surface area contributed by atoms with Crippen LogP contribution < -0.4 is 5.32 Å². The number of thiophene rings is 1. The molecular formula is C14H17BrN2O2S. The summed E-state index contributed by atoms with van der Waals surface area (Å²) in [7, 11) is 0. The summed E-state index contributed by atoms with van der Waals surface area (Å²) < 4.78 is 1.06. The Morgan fingerprint density at radius 1 is 1.35 bits per heavy atom. The van der Waals surface area contributed by atoms with Crippen LogP contribution in [0.1, 0.15) is 37.0 Å². The fourth-order valence-electron chi connectivity index (χ4n) is 3.03.